The summed E-state index contributed by atoms with van der Waals surface area (Å²) < 4.78 is 5.21. The van der Waals surface area contributed by atoms with E-state index in [4.69, 9.17) is 4.74 Å². The van der Waals surface area contributed by atoms with E-state index < -0.39 is 17.7 Å². The van der Waals surface area contributed by atoms with E-state index >= 15 is 0 Å². The number of likely N-dealkylation sites (tertiary alicyclic amines) is 1. The second-order valence-electron chi connectivity index (χ2n) is 7.77. The van der Waals surface area contributed by atoms with Gasteiger partial charge in [-0.1, -0.05) is 36.8 Å². The monoisotopic (exact) mass is 396 g/mol. The molecule has 2 heterocycles. The summed E-state index contributed by atoms with van der Waals surface area (Å²) in [5.74, 6) is -1.09. The Kier molecular flexibility index (Phi) is 6.20. The highest BCUT2D eigenvalue weighted by Gasteiger charge is 2.33. The van der Waals surface area contributed by atoms with Crippen LogP contribution in [0.15, 0.2) is 24.3 Å². The number of ketones is 1. The van der Waals surface area contributed by atoms with Gasteiger partial charge in [-0.15, -0.1) is 0 Å². The number of hydrogen-bond donors (Lipinski definition) is 1. The molecule has 6 nitrogen and oxygen atoms in total. The van der Waals surface area contributed by atoms with Crippen LogP contribution in [0.25, 0.3) is 11.1 Å². The van der Waals surface area contributed by atoms with Crippen molar-refractivity contribution in [2.24, 2.45) is 5.92 Å². The van der Waals surface area contributed by atoms with Crippen LogP contribution in [0.4, 0.5) is 0 Å². The normalized spacial score (nSPS) is 14.7. The average Bonchev–Trinajstić information content (AvgIpc) is 3.05. The van der Waals surface area contributed by atoms with Crippen molar-refractivity contribution >= 4 is 17.7 Å². The van der Waals surface area contributed by atoms with E-state index in [0.29, 0.717) is 41.4 Å². The van der Waals surface area contributed by atoms with Gasteiger partial charge in [0, 0.05) is 24.3 Å². The van der Waals surface area contributed by atoms with E-state index in [9.17, 15) is 14.4 Å². The van der Waals surface area contributed by atoms with Crippen molar-refractivity contribution in [2.45, 2.75) is 40.5 Å². The van der Waals surface area contributed by atoms with E-state index in [1.807, 2.05) is 31.2 Å². The van der Waals surface area contributed by atoms with Crippen molar-refractivity contribution in [3.63, 3.8) is 0 Å². The van der Waals surface area contributed by atoms with Gasteiger partial charge in [0.1, 0.15) is 5.69 Å². The zero-order valence-corrected chi connectivity index (χ0v) is 17.5. The topological polar surface area (TPSA) is 79.5 Å². The second kappa shape index (κ2) is 8.64. The lowest BCUT2D eigenvalue weighted by atomic mass is 9.96. The first-order valence-electron chi connectivity index (χ1n) is 10.1. The number of Topliss-reactive ketones (excluding diaryl/α,β-unsaturated/α-hetero) is 1. The number of carbonyl (C=O) groups is 3. The van der Waals surface area contributed by atoms with Gasteiger partial charge < -0.3 is 14.6 Å². The third-order valence-corrected chi connectivity index (χ3v) is 5.50. The number of nitrogens with zero attached hydrogens (tertiary/aromatic N) is 1. The number of aryl methyl sites for hydroxylation is 2. The second-order valence-corrected chi connectivity index (χ2v) is 7.77. The van der Waals surface area contributed by atoms with Crippen molar-refractivity contribution in [2.75, 3.05) is 19.7 Å². The molecule has 1 saturated heterocycles. The number of hydrogen-bond acceptors (Lipinski definition) is 4. The molecule has 3 rings (SSSR count). The lowest BCUT2D eigenvalue weighted by molar-refractivity contribution is -0.127. The smallest absolute Gasteiger partial charge is 0.340 e. The van der Waals surface area contributed by atoms with Gasteiger partial charge in [0.25, 0.3) is 11.7 Å². The number of aromatic amines is 1. The molecule has 154 valence electrons. The molecule has 6 heteroatoms. The number of aromatic nitrogens is 1. The maximum atomic E-state index is 13.2. The summed E-state index contributed by atoms with van der Waals surface area (Å²) in [5.41, 5.74) is 3.17. The van der Waals surface area contributed by atoms with Crippen LogP contribution >= 0.6 is 0 Å². The highest BCUT2D eigenvalue weighted by atomic mass is 16.5. The fourth-order valence-electron chi connectivity index (χ4n) is 3.72. The highest BCUT2D eigenvalue weighted by Crippen LogP contribution is 2.32. The fraction of sp³-hybridized carbons (Fsp3) is 0.435. The molecule has 1 fully saturated rings. The quantitative estimate of drug-likeness (QED) is 0.472. The molecular weight excluding hydrogens is 368 g/mol. The number of rotatable bonds is 5. The Morgan fingerprint density at radius 1 is 1.10 bits per heavy atom. The number of nitrogens with one attached hydrogen (secondary N) is 1. The van der Waals surface area contributed by atoms with E-state index in [2.05, 4.69) is 11.9 Å². The molecule has 1 aliphatic rings. The Morgan fingerprint density at radius 3 is 2.31 bits per heavy atom. The van der Waals surface area contributed by atoms with Crippen molar-refractivity contribution in [1.82, 2.24) is 9.88 Å². The molecule has 0 atom stereocenters. The van der Waals surface area contributed by atoms with Gasteiger partial charge in [-0.2, -0.15) is 0 Å². The van der Waals surface area contributed by atoms with Crippen LogP contribution in [0.2, 0.25) is 0 Å². The Morgan fingerprint density at radius 2 is 1.72 bits per heavy atom. The van der Waals surface area contributed by atoms with Gasteiger partial charge in [-0.25, -0.2) is 4.79 Å². The molecule has 0 unspecified atom stereocenters. The fourth-order valence-corrected chi connectivity index (χ4v) is 3.72. The summed E-state index contributed by atoms with van der Waals surface area (Å²) >= 11 is 0. The van der Waals surface area contributed by atoms with Crippen LogP contribution in [0.5, 0.6) is 0 Å². The van der Waals surface area contributed by atoms with E-state index in [-0.39, 0.29) is 12.3 Å². The average molecular weight is 396 g/mol. The van der Waals surface area contributed by atoms with Crippen molar-refractivity contribution < 1.29 is 19.1 Å². The zero-order valence-electron chi connectivity index (χ0n) is 17.5. The molecule has 2 aromatic rings. The van der Waals surface area contributed by atoms with Crippen molar-refractivity contribution in [3.8, 4) is 11.1 Å². The predicted molar refractivity (Wildman–Crippen MR) is 111 cm³/mol. The van der Waals surface area contributed by atoms with Crippen LogP contribution in [0.1, 0.15) is 58.8 Å². The van der Waals surface area contributed by atoms with E-state index in [1.54, 1.807) is 18.7 Å². The molecule has 0 bridgehead atoms. The molecule has 0 spiro atoms. The summed E-state index contributed by atoms with van der Waals surface area (Å²) in [5, 5.41) is 0. The number of ether oxygens (including phenoxy) is 1. The van der Waals surface area contributed by atoms with Gasteiger partial charge in [0.15, 0.2) is 0 Å². The zero-order chi connectivity index (χ0) is 21.1. The number of esters is 1. The molecule has 1 aromatic heterocycles. The van der Waals surface area contributed by atoms with Crippen molar-refractivity contribution in [1.29, 1.82) is 0 Å². The minimum Gasteiger partial charge on any atom is -0.462 e. The highest BCUT2D eigenvalue weighted by molar-refractivity contribution is 6.43. The summed E-state index contributed by atoms with van der Waals surface area (Å²) in [7, 11) is 0. The van der Waals surface area contributed by atoms with Crippen LogP contribution in [-0.4, -0.2) is 47.2 Å². The summed E-state index contributed by atoms with van der Waals surface area (Å²) in [6, 6.07) is 7.53. The first-order chi connectivity index (χ1) is 13.8. The predicted octanol–water partition coefficient (Wildman–Crippen LogP) is 3.92. The number of piperidine rings is 1. The van der Waals surface area contributed by atoms with Gasteiger partial charge in [0.05, 0.1) is 12.2 Å². The Labute approximate surface area is 171 Å². The summed E-state index contributed by atoms with van der Waals surface area (Å²) in [6.45, 7) is 8.95. The number of benzene rings is 1. The molecule has 0 saturated carbocycles. The van der Waals surface area contributed by atoms with E-state index in [0.717, 1.165) is 18.4 Å². The molecule has 1 N–H and O–H groups in total. The summed E-state index contributed by atoms with van der Waals surface area (Å²) in [6.07, 6.45) is 1.78. The molecule has 1 amide bonds. The van der Waals surface area contributed by atoms with Crippen LogP contribution < -0.4 is 0 Å². The molecule has 29 heavy (non-hydrogen) atoms. The van der Waals surface area contributed by atoms with E-state index in [1.165, 1.54) is 0 Å². The first-order valence-corrected chi connectivity index (χ1v) is 10.1. The van der Waals surface area contributed by atoms with Crippen LogP contribution in [0.3, 0.4) is 0 Å². The standard InChI is InChI=1S/C23H28N2O4/c1-5-29-23(28)18-16(4)24-20(19(18)17-8-6-14(2)7-9-17)21(26)22(27)25-12-10-15(3)11-13-25/h6-9,15,24H,5,10-13H2,1-4H3. The molecule has 0 radical (unpaired) electrons. The largest absolute Gasteiger partial charge is 0.462 e. The maximum absolute atomic E-state index is 13.2. The molecule has 0 aliphatic carbocycles. The summed E-state index contributed by atoms with van der Waals surface area (Å²) in [4.78, 5) is 43.3. The van der Waals surface area contributed by atoms with Gasteiger partial charge in [-0.05, 0) is 45.1 Å². The first kappa shape index (κ1) is 20.8. The molecular formula is C23H28N2O4. The van der Waals surface area contributed by atoms with Gasteiger partial charge in [0.2, 0.25) is 0 Å². The third kappa shape index (κ3) is 4.26. The van der Waals surface area contributed by atoms with Gasteiger partial charge >= 0.3 is 5.97 Å². The van der Waals surface area contributed by atoms with Gasteiger partial charge in [-0.3, -0.25) is 9.59 Å². The third-order valence-electron chi connectivity index (χ3n) is 5.50. The SMILES string of the molecule is CCOC(=O)c1c(C)[nH]c(C(=O)C(=O)N2CCC(C)CC2)c1-c1ccc(C)cc1. The number of carbonyl (C=O) groups excluding carboxylic acids is 3. The minimum atomic E-state index is -0.617. The maximum Gasteiger partial charge on any atom is 0.340 e. The van der Waals surface area contributed by atoms with Crippen molar-refractivity contribution in [3.05, 3.63) is 46.8 Å². The molecule has 1 aromatic carbocycles. The van der Waals surface area contributed by atoms with Crippen LogP contribution in [0, 0.1) is 19.8 Å². The van der Waals surface area contributed by atoms with Crippen LogP contribution in [-0.2, 0) is 9.53 Å². The lowest BCUT2D eigenvalue weighted by Gasteiger charge is -2.29. The number of H-pyrrole nitrogens is 1. The lowest BCUT2D eigenvalue weighted by Crippen LogP contribution is -2.42. The number of amides is 1. The Balaban J connectivity index is 2.04. The Bertz CT molecular complexity index is 919. The Hall–Kier alpha value is -2.89. The minimum absolute atomic E-state index is 0.151. The molecule has 1 aliphatic heterocycles.